The molecule has 1 fully saturated rings. The van der Waals surface area contributed by atoms with Crippen LogP contribution in [-0.2, 0) is 6.54 Å². The molecular formula is C20H28N6OSn. The van der Waals surface area contributed by atoms with Gasteiger partial charge in [-0.3, -0.25) is 0 Å². The Kier molecular flexibility index (Phi) is 5.46. The molecule has 1 N–H and O–H groups in total. The number of rotatable bonds is 5. The number of piperazine rings is 1. The molecule has 0 radical (unpaired) electrons. The Morgan fingerprint density at radius 3 is 2.64 bits per heavy atom. The number of nitrogens with zero attached hydrogens (tertiary/aromatic N) is 5. The topological polar surface area (TPSA) is 70.2 Å². The summed E-state index contributed by atoms with van der Waals surface area (Å²) in [5.74, 6) is 1.69. The molecular weight excluding hydrogens is 459 g/mol. The Balaban J connectivity index is 1.44. The summed E-state index contributed by atoms with van der Waals surface area (Å²) in [7, 11) is 1.68. The molecule has 0 aromatic carbocycles. The van der Waals surface area contributed by atoms with Crippen LogP contribution in [0.25, 0.3) is 11.0 Å². The molecule has 1 saturated heterocycles. The molecule has 0 bridgehead atoms. The standard InChI is InChI=1S/C17H19N6O.3CH3.Sn/c1-24-16-5-4-15(20-21-16)23-9-7-22(8-10-23)12-13-11-19-17-14(13)3-2-6-18-17;;;;/h2-4,6,11H,7-10,12H2,1H3,(H,18,19);3*1H3;. The molecule has 1 aliphatic heterocycles. The fraction of sp³-hybridized carbons (Fsp3) is 0.450. The first kappa shape index (κ1) is 19.4. The van der Waals surface area contributed by atoms with Crippen LogP contribution in [-0.4, -0.2) is 76.7 Å². The average molecular weight is 487 g/mol. The monoisotopic (exact) mass is 488 g/mol. The van der Waals surface area contributed by atoms with Crippen molar-refractivity contribution in [2.45, 2.75) is 21.4 Å². The van der Waals surface area contributed by atoms with Crippen molar-refractivity contribution in [2.24, 2.45) is 0 Å². The number of methoxy groups -OCH3 is 1. The van der Waals surface area contributed by atoms with Crippen molar-refractivity contribution in [1.82, 2.24) is 25.1 Å². The van der Waals surface area contributed by atoms with Gasteiger partial charge in [0, 0.05) is 6.20 Å². The van der Waals surface area contributed by atoms with Crippen LogP contribution in [0, 0.1) is 0 Å². The molecule has 0 spiro atoms. The minimum atomic E-state index is -2.32. The van der Waals surface area contributed by atoms with Crippen molar-refractivity contribution < 1.29 is 4.74 Å². The second-order valence-corrected chi connectivity index (χ2v) is 22.7. The minimum absolute atomic E-state index is 0.707. The van der Waals surface area contributed by atoms with E-state index in [0.29, 0.717) is 5.88 Å². The zero-order valence-corrected chi connectivity index (χ0v) is 19.9. The van der Waals surface area contributed by atoms with Gasteiger partial charge >= 0.3 is 164 Å². The Hall–Kier alpha value is -1.87. The quantitative estimate of drug-likeness (QED) is 0.557. The van der Waals surface area contributed by atoms with E-state index in [1.807, 2.05) is 12.3 Å². The van der Waals surface area contributed by atoms with E-state index in [9.17, 15) is 0 Å². The fourth-order valence-electron chi connectivity index (χ4n) is 3.73. The number of ether oxygens (including phenoxy) is 1. The van der Waals surface area contributed by atoms with Gasteiger partial charge in [-0.25, -0.2) is 0 Å². The first-order valence-electron chi connectivity index (χ1n) is 9.76. The van der Waals surface area contributed by atoms with E-state index in [4.69, 9.17) is 4.74 Å². The summed E-state index contributed by atoms with van der Waals surface area (Å²) in [5, 5.41) is 10.0. The van der Waals surface area contributed by atoms with E-state index in [2.05, 4.69) is 63.1 Å². The first-order chi connectivity index (χ1) is 13.5. The van der Waals surface area contributed by atoms with Gasteiger partial charge in [-0.15, -0.1) is 0 Å². The molecule has 0 amide bonds. The third kappa shape index (κ3) is 3.95. The van der Waals surface area contributed by atoms with Crippen LogP contribution in [0.1, 0.15) is 5.56 Å². The molecule has 1 aliphatic rings. The molecule has 7 nitrogen and oxygen atoms in total. The number of fused-ring (bicyclic) bond motifs is 1. The summed E-state index contributed by atoms with van der Waals surface area (Å²) < 4.78 is 6.77. The van der Waals surface area contributed by atoms with Crippen molar-refractivity contribution >= 4 is 38.8 Å². The molecule has 28 heavy (non-hydrogen) atoms. The molecule has 148 valence electrons. The van der Waals surface area contributed by atoms with E-state index < -0.39 is 18.4 Å². The van der Waals surface area contributed by atoms with Gasteiger partial charge in [-0.1, -0.05) is 0 Å². The number of H-pyrrole nitrogens is 1. The zero-order chi connectivity index (χ0) is 19.7. The number of nitrogens with one attached hydrogen (secondary N) is 1. The summed E-state index contributed by atoms with van der Waals surface area (Å²) >= 11 is -2.32. The maximum atomic E-state index is 5.47. The summed E-state index contributed by atoms with van der Waals surface area (Å²) in [5.41, 5.74) is 2.27. The van der Waals surface area contributed by atoms with E-state index in [-0.39, 0.29) is 0 Å². The molecule has 0 saturated carbocycles. The predicted molar refractivity (Wildman–Crippen MR) is 115 cm³/mol. The Bertz CT molecular complexity index is 959. The molecule has 3 aromatic heterocycles. The van der Waals surface area contributed by atoms with Crippen LogP contribution in [0.2, 0.25) is 14.8 Å². The number of aromatic nitrogens is 4. The van der Waals surface area contributed by atoms with Gasteiger partial charge in [-0.2, -0.15) is 0 Å². The molecule has 0 aliphatic carbocycles. The molecule has 4 heterocycles. The van der Waals surface area contributed by atoms with Crippen molar-refractivity contribution in [2.75, 3.05) is 38.2 Å². The van der Waals surface area contributed by atoms with Crippen LogP contribution in [0.5, 0.6) is 5.88 Å². The van der Waals surface area contributed by atoms with Gasteiger partial charge in [-0.05, 0) is 0 Å². The van der Waals surface area contributed by atoms with Crippen LogP contribution in [0.4, 0.5) is 5.82 Å². The van der Waals surface area contributed by atoms with Crippen LogP contribution >= 0.6 is 0 Å². The Morgan fingerprint density at radius 2 is 1.93 bits per heavy atom. The average Bonchev–Trinajstić information content (AvgIpc) is 3.10. The molecule has 0 unspecified atom stereocenters. The van der Waals surface area contributed by atoms with Gasteiger partial charge < -0.3 is 0 Å². The maximum absolute atomic E-state index is 5.47. The Labute approximate surface area is 170 Å². The second-order valence-electron chi connectivity index (χ2n) is 8.35. The molecule has 4 rings (SSSR count). The number of hydrogen-bond acceptors (Lipinski definition) is 6. The number of anilines is 1. The fourth-order valence-corrected chi connectivity index (χ4v) is 7.60. The van der Waals surface area contributed by atoms with Crippen LogP contribution < -0.4 is 13.2 Å². The van der Waals surface area contributed by atoms with Crippen LogP contribution in [0.3, 0.4) is 0 Å². The number of pyridine rings is 1. The molecule has 3 aromatic rings. The van der Waals surface area contributed by atoms with E-state index in [1.165, 1.54) is 14.5 Å². The van der Waals surface area contributed by atoms with Crippen molar-refractivity contribution in [3.63, 3.8) is 0 Å². The van der Waals surface area contributed by atoms with E-state index in [0.717, 1.165) is 44.2 Å². The predicted octanol–water partition coefficient (Wildman–Crippen LogP) is 2.23. The van der Waals surface area contributed by atoms with Crippen molar-refractivity contribution in [3.8, 4) is 5.88 Å². The second kappa shape index (κ2) is 7.87. The number of aromatic amines is 1. The molecule has 0 atom stereocenters. The summed E-state index contributed by atoms with van der Waals surface area (Å²) in [4.78, 5) is 19.6. The van der Waals surface area contributed by atoms with Gasteiger partial charge in [0.15, 0.2) is 0 Å². The third-order valence-corrected chi connectivity index (χ3v) is 11.0. The summed E-state index contributed by atoms with van der Waals surface area (Å²) in [6.07, 6.45) is 3.91. The summed E-state index contributed by atoms with van der Waals surface area (Å²) in [6, 6.07) is 6.36. The third-order valence-electron chi connectivity index (χ3n) is 5.38. The van der Waals surface area contributed by atoms with Crippen LogP contribution in [0.15, 0.2) is 30.6 Å². The summed E-state index contributed by atoms with van der Waals surface area (Å²) in [6.45, 7) is 4.88. The SMILES string of the molecule is COc1nnc(N2CCN(Cc3c[nH]c4ncccc34)CC2)c[c]1[Sn]([CH3])([CH3])[CH3]. The van der Waals surface area contributed by atoms with Gasteiger partial charge in [0.25, 0.3) is 0 Å². The van der Waals surface area contributed by atoms with Gasteiger partial charge in [0.1, 0.15) is 0 Å². The van der Waals surface area contributed by atoms with Crippen molar-refractivity contribution in [3.05, 3.63) is 36.2 Å². The number of hydrogen-bond donors (Lipinski definition) is 1. The first-order valence-corrected chi connectivity index (χ1v) is 19.7. The zero-order valence-electron chi connectivity index (χ0n) is 17.1. The van der Waals surface area contributed by atoms with Crippen molar-refractivity contribution in [1.29, 1.82) is 0 Å². The van der Waals surface area contributed by atoms with E-state index >= 15 is 0 Å². The van der Waals surface area contributed by atoms with Gasteiger partial charge in [0.05, 0.1) is 0 Å². The van der Waals surface area contributed by atoms with E-state index in [1.54, 1.807) is 7.11 Å². The van der Waals surface area contributed by atoms with Gasteiger partial charge in [0.2, 0.25) is 0 Å². The Morgan fingerprint density at radius 1 is 1.14 bits per heavy atom. The normalized spacial score (nSPS) is 15.9. The molecule has 8 heteroatoms.